The lowest BCUT2D eigenvalue weighted by atomic mass is 10.1. The first-order valence-corrected chi connectivity index (χ1v) is 15.6. The van der Waals surface area contributed by atoms with Crippen LogP contribution in [0, 0.1) is 0 Å². The van der Waals surface area contributed by atoms with E-state index in [1.165, 1.54) is 4.90 Å². The Kier molecular flexibility index (Phi) is 6.44. The molecule has 9 rings (SSSR count). The zero-order valence-electron chi connectivity index (χ0n) is 26.3. The number of nitrogens with one attached hydrogen (secondary N) is 2. The zero-order valence-corrected chi connectivity index (χ0v) is 26.3. The Balaban J connectivity index is 1.12. The summed E-state index contributed by atoms with van der Waals surface area (Å²) in [4.78, 5) is 50.5. The number of carbonyl (C=O) groups is 2. The number of rotatable bonds is 8. The van der Waals surface area contributed by atoms with Crippen LogP contribution < -0.4 is 14.4 Å². The van der Waals surface area contributed by atoms with E-state index >= 15 is 0 Å². The van der Waals surface area contributed by atoms with Crippen LogP contribution in [0.2, 0.25) is 0 Å². The van der Waals surface area contributed by atoms with Gasteiger partial charge in [-0.3, -0.25) is 19.6 Å². The number of aromatic nitrogens is 12. The number of carboxylic acid groups (broad SMARTS) is 2. The van der Waals surface area contributed by atoms with Crippen LogP contribution in [0.25, 0.3) is 55.5 Å². The van der Waals surface area contributed by atoms with Crippen LogP contribution in [0.4, 0.5) is 11.9 Å². The van der Waals surface area contributed by atoms with Gasteiger partial charge in [-0.25, -0.2) is 24.3 Å². The minimum atomic E-state index is -1.01. The summed E-state index contributed by atoms with van der Waals surface area (Å²) in [6, 6.07) is 10.4. The number of aromatic amines is 2. The molecule has 7 heterocycles. The van der Waals surface area contributed by atoms with Gasteiger partial charge in [0.05, 0.1) is 48.1 Å². The smallest absolute Gasteiger partial charge is 0.326 e. The number of fused-ring (bicyclic) bond motifs is 4. The van der Waals surface area contributed by atoms with Crippen molar-refractivity contribution in [2.75, 3.05) is 29.9 Å². The molecule has 248 valence electrons. The van der Waals surface area contributed by atoms with E-state index in [9.17, 15) is 19.8 Å². The molecular weight excluding hydrogens is 644 g/mol. The summed E-state index contributed by atoms with van der Waals surface area (Å²) in [5.41, 5.74) is 5.53. The topological polar surface area (TPSA) is 217 Å². The minimum Gasteiger partial charge on any atom is -0.480 e. The van der Waals surface area contributed by atoms with Crippen molar-refractivity contribution in [3.05, 3.63) is 73.8 Å². The Morgan fingerprint density at radius 1 is 0.900 bits per heavy atom. The second-order valence-corrected chi connectivity index (χ2v) is 12.2. The number of H-pyrrole nitrogens is 2. The van der Waals surface area contributed by atoms with Crippen LogP contribution in [-0.4, -0.2) is 103 Å². The van der Waals surface area contributed by atoms with Crippen molar-refractivity contribution in [1.82, 2.24) is 54.4 Å². The molecule has 0 amide bonds. The number of carboxylic acids is 2. The molecule has 0 bridgehead atoms. The lowest BCUT2D eigenvalue weighted by Gasteiger charge is -2.20. The highest BCUT2D eigenvalue weighted by molar-refractivity contribution is 5.83. The van der Waals surface area contributed by atoms with Crippen molar-refractivity contribution in [2.45, 2.75) is 18.5 Å². The Bertz CT molecular complexity index is 2620. The van der Waals surface area contributed by atoms with E-state index in [1.54, 1.807) is 43.1 Å². The molecule has 1 saturated heterocycles. The summed E-state index contributed by atoms with van der Waals surface area (Å²) in [7, 11) is 1.61. The van der Waals surface area contributed by atoms with Gasteiger partial charge in [-0.15, -0.1) is 0 Å². The molecule has 4 N–H and O–H groups in total. The van der Waals surface area contributed by atoms with Gasteiger partial charge >= 0.3 is 11.9 Å². The fourth-order valence-corrected chi connectivity index (χ4v) is 6.64. The lowest BCUT2D eigenvalue weighted by Crippen LogP contribution is -2.40. The molecule has 6 aromatic heterocycles. The molecule has 1 aliphatic heterocycles. The normalized spacial score (nSPS) is 16.3. The van der Waals surface area contributed by atoms with E-state index in [-0.39, 0.29) is 37.4 Å². The van der Waals surface area contributed by atoms with E-state index in [4.69, 9.17) is 9.97 Å². The van der Waals surface area contributed by atoms with E-state index < -0.39 is 18.0 Å². The summed E-state index contributed by atoms with van der Waals surface area (Å²) >= 11 is 0. The molecule has 1 fully saturated rings. The third-order valence-corrected chi connectivity index (χ3v) is 9.10. The molecule has 0 radical (unpaired) electrons. The van der Waals surface area contributed by atoms with Gasteiger partial charge in [0.2, 0.25) is 17.4 Å². The quantitative estimate of drug-likeness (QED) is 0.170. The fourth-order valence-electron chi connectivity index (χ4n) is 6.64. The first-order valence-electron chi connectivity index (χ1n) is 15.6. The Labute approximate surface area is 280 Å². The summed E-state index contributed by atoms with van der Waals surface area (Å²) in [5, 5.41) is 35.9. The van der Waals surface area contributed by atoms with Gasteiger partial charge in [0, 0.05) is 30.3 Å². The maximum absolute atomic E-state index is 12.7. The highest BCUT2D eigenvalue weighted by Gasteiger charge is 2.43. The lowest BCUT2D eigenvalue weighted by molar-refractivity contribution is -0.694. The Morgan fingerprint density at radius 3 is 2.32 bits per heavy atom. The highest BCUT2D eigenvalue weighted by atomic mass is 16.4. The van der Waals surface area contributed by atoms with Crippen LogP contribution in [0.1, 0.15) is 12.5 Å². The molecule has 0 aliphatic carbocycles. The van der Waals surface area contributed by atoms with Gasteiger partial charge in [-0.05, 0) is 30.3 Å². The summed E-state index contributed by atoms with van der Waals surface area (Å²) < 4.78 is 5.68. The van der Waals surface area contributed by atoms with Crippen LogP contribution in [0.5, 0.6) is 0 Å². The largest absolute Gasteiger partial charge is 0.480 e. The third-order valence-electron chi connectivity index (χ3n) is 9.10. The van der Waals surface area contributed by atoms with Crippen molar-refractivity contribution in [3.63, 3.8) is 0 Å². The number of aliphatic carboxylic acids is 2. The number of hydrogen-bond acceptors (Lipinski definition) is 11. The molecule has 0 spiro atoms. The molecule has 2 aromatic carbocycles. The third kappa shape index (κ3) is 4.72. The monoisotopic (exact) mass is 671 g/mol. The second kappa shape index (κ2) is 11.0. The number of anilines is 2. The molecule has 18 nitrogen and oxygen atoms in total. The number of likely N-dealkylation sites (N-methyl/N-ethyl adjacent to an activating group) is 1. The van der Waals surface area contributed by atoms with Crippen LogP contribution in [0.15, 0.2) is 73.8 Å². The van der Waals surface area contributed by atoms with Crippen molar-refractivity contribution >= 4 is 68.0 Å². The fraction of sp³-hybridized carbons (Fsp3) is 0.188. The van der Waals surface area contributed by atoms with Crippen molar-refractivity contribution in [3.8, 4) is 11.4 Å². The first kappa shape index (κ1) is 29.2. The van der Waals surface area contributed by atoms with Gasteiger partial charge in [0.15, 0.2) is 5.65 Å². The van der Waals surface area contributed by atoms with Gasteiger partial charge in [-0.2, -0.15) is 24.7 Å². The Morgan fingerprint density at radius 2 is 1.62 bits per heavy atom. The number of nitrogens with zero attached hydrogens (tertiary/aromatic N) is 12. The predicted molar refractivity (Wildman–Crippen MR) is 178 cm³/mol. The molecule has 2 atom stereocenters. The molecule has 18 heteroatoms. The molecule has 1 aliphatic rings. The predicted octanol–water partition coefficient (Wildman–Crippen LogP) is 2.01. The summed E-state index contributed by atoms with van der Waals surface area (Å²) in [6.45, 7) is -0.00797. The van der Waals surface area contributed by atoms with E-state index in [2.05, 4.69) is 35.3 Å². The maximum Gasteiger partial charge on any atom is 0.326 e. The molecule has 8 aromatic rings. The van der Waals surface area contributed by atoms with Gasteiger partial charge in [-0.1, -0.05) is 0 Å². The zero-order chi connectivity index (χ0) is 34.1. The number of benzene rings is 2. The van der Waals surface area contributed by atoms with Gasteiger partial charge in [0.25, 0.3) is 12.0 Å². The number of imidazole rings is 2. The van der Waals surface area contributed by atoms with E-state index in [0.717, 1.165) is 33.2 Å². The highest BCUT2D eigenvalue weighted by Crippen LogP contribution is 2.31. The summed E-state index contributed by atoms with van der Waals surface area (Å²) in [5.74, 6) is -1.52. The molecule has 2 unspecified atom stereocenters. The van der Waals surface area contributed by atoms with Gasteiger partial charge in [0.1, 0.15) is 36.2 Å². The molecular formula is C32H27N14O4+. The van der Waals surface area contributed by atoms with Crippen molar-refractivity contribution in [2.24, 2.45) is 0 Å². The average molecular weight is 672 g/mol. The number of hydrogen-bond donors (Lipinski definition) is 4. The van der Waals surface area contributed by atoms with Crippen LogP contribution >= 0.6 is 0 Å². The average Bonchev–Trinajstić information content (AvgIpc) is 3.95. The van der Waals surface area contributed by atoms with Crippen LogP contribution in [-0.2, 0) is 9.59 Å². The SMILES string of the molecule is CN(CC(=O)O)c1ncc2c(n1)n(-c1ccc3cn[nH]c3c1)c[n+]2C1CC(C(=O)O)N(c2ncc3ncn(-c4ccc5cn[nH]c5c4)c3n2)C1. The van der Waals surface area contributed by atoms with Crippen molar-refractivity contribution in [1.29, 1.82) is 0 Å². The standard InChI is InChI=1S/C32H26N14O4/c1-42(14-27(47)48)31-34-12-26-29(39-31)46(20-5-3-18-10-37-41-23(18)7-20)16-45(26)21-8-25(30(49)50)43(13-21)32-33-11-24-28(38-32)44(15-35-24)19-4-2-17-9-36-40-22(17)6-19/h2-7,9-12,15-16,21,25H,8,13-14H2,1H3,(H3-,36,37,40,41,47,48,49,50)/p+1. The Hall–Kier alpha value is -6.98. The van der Waals surface area contributed by atoms with Gasteiger partial charge < -0.3 is 20.0 Å². The first-order chi connectivity index (χ1) is 24.3. The van der Waals surface area contributed by atoms with E-state index in [0.29, 0.717) is 22.3 Å². The molecule has 0 saturated carbocycles. The van der Waals surface area contributed by atoms with E-state index in [1.807, 2.05) is 56.4 Å². The second-order valence-electron chi connectivity index (χ2n) is 12.2. The minimum absolute atomic E-state index is 0.232. The van der Waals surface area contributed by atoms with Crippen molar-refractivity contribution < 1.29 is 24.4 Å². The maximum atomic E-state index is 12.7. The van der Waals surface area contributed by atoms with Crippen LogP contribution in [0.3, 0.4) is 0 Å². The molecule has 50 heavy (non-hydrogen) atoms. The summed E-state index contributed by atoms with van der Waals surface area (Å²) in [6.07, 6.45) is 10.5.